The molecule has 0 unspecified atom stereocenters. The zero-order valence-corrected chi connectivity index (χ0v) is 13.7. The molecule has 0 saturated carbocycles. The molecule has 5 rings (SSSR count). The molecule has 4 heterocycles. The smallest absolute Gasteiger partial charge is 0.324 e. The van der Waals surface area contributed by atoms with Gasteiger partial charge in [-0.15, -0.1) is 0 Å². The van der Waals surface area contributed by atoms with Crippen molar-refractivity contribution in [3.8, 4) is 5.75 Å². The molecule has 1 aromatic carbocycles. The summed E-state index contributed by atoms with van der Waals surface area (Å²) in [4.78, 5) is 21.5. The van der Waals surface area contributed by atoms with Gasteiger partial charge in [-0.1, -0.05) is 11.3 Å². The lowest BCUT2D eigenvalue weighted by molar-refractivity contribution is 0.233. The van der Waals surface area contributed by atoms with Crippen LogP contribution in [-0.4, -0.2) is 54.7 Å². The number of thiazole rings is 1. The maximum atomic E-state index is 12.5. The lowest BCUT2D eigenvalue weighted by Gasteiger charge is -2.34. The summed E-state index contributed by atoms with van der Waals surface area (Å²) in [5.74, 6) is 0.940. The quantitative estimate of drug-likeness (QED) is 0.867. The van der Waals surface area contributed by atoms with Crippen molar-refractivity contribution >= 4 is 32.7 Å². The van der Waals surface area contributed by atoms with Crippen molar-refractivity contribution in [3.05, 3.63) is 17.7 Å². The number of hydrogen-bond donors (Lipinski definition) is 1. The molecule has 0 aliphatic carbocycles. The zero-order chi connectivity index (χ0) is 15.6. The van der Waals surface area contributed by atoms with Crippen LogP contribution in [0, 0.1) is 0 Å². The van der Waals surface area contributed by atoms with E-state index in [1.165, 1.54) is 5.56 Å². The predicted octanol–water partition coefficient (Wildman–Crippen LogP) is 1.83. The number of nitrogens with zero attached hydrogens (tertiary/aromatic N) is 3. The Morgan fingerprint density at radius 2 is 2.35 bits per heavy atom. The van der Waals surface area contributed by atoms with E-state index in [4.69, 9.17) is 9.72 Å². The fraction of sp³-hybridized carbons (Fsp3) is 0.500. The lowest BCUT2D eigenvalue weighted by atomic mass is 10.0. The third-order valence-corrected chi connectivity index (χ3v) is 6.09. The fourth-order valence-electron chi connectivity index (χ4n) is 3.89. The maximum Gasteiger partial charge on any atom is 0.324 e. The summed E-state index contributed by atoms with van der Waals surface area (Å²) in [6.45, 7) is 2.64. The van der Waals surface area contributed by atoms with E-state index in [-0.39, 0.29) is 18.1 Å². The maximum absolute atomic E-state index is 12.5. The molecule has 7 heteroatoms. The molecule has 2 aromatic rings. The number of carbonyl (C=O) groups excluding carboxylic acids is 1. The molecule has 2 atom stereocenters. The van der Waals surface area contributed by atoms with Gasteiger partial charge in [0.05, 0.1) is 28.9 Å². The van der Waals surface area contributed by atoms with Gasteiger partial charge in [-0.3, -0.25) is 4.90 Å². The number of rotatable bonds is 1. The van der Waals surface area contributed by atoms with Crippen molar-refractivity contribution < 1.29 is 9.53 Å². The molecule has 3 aliphatic heterocycles. The number of carbonyl (C=O) groups is 1. The van der Waals surface area contributed by atoms with E-state index in [0.29, 0.717) is 0 Å². The minimum Gasteiger partial charge on any atom is -0.493 e. The SMILES string of the molecule is CN1CC[C@@H]2NC(=O)N(c3nc4c5c(ccc4s3)OCC5)[C@@H]2C1. The van der Waals surface area contributed by atoms with E-state index in [1.807, 2.05) is 11.0 Å². The highest BCUT2D eigenvalue weighted by atomic mass is 32.1. The predicted molar refractivity (Wildman–Crippen MR) is 89.5 cm³/mol. The van der Waals surface area contributed by atoms with Crippen LogP contribution in [0.25, 0.3) is 10.2 Å². The Hall–Kier alpha value is -1.86. The zero-order valence-electron chi connectivity index (χ0n) is 12.9. The Balaban J connectivity index is 1.58. The van der Waals surface area contributed by atoms with Gasteiger partial charge in [0.15, 0.2) is 5.13 Å². The van der Waals surface area contributed by atoms with Gasteiger partial charge in [0, 0.05) is 18.5 Å². The number of amides is 2. The number of benzene rings is 1. The molecule has 0 bridgehead atoms. The minimum absolute atomic E-state index is 0.0118. The first-order valence-electron chi connectivity index (χ1n) is 8.04. The van der Waals surface area contributed by atoms with Crippen molar-refractivity contribution in [2.24, 2.45) is 0 Å². The van der Waals surface area contributed by atoms with Crippen LogP contribution in [0.2, 0.25) is 0 Å². The number of likely N-dealkylation sites (N-methyl/N-ethyl adjacent to an activating group) is 1. The first-order chi connectivity index (χ1) is 11.2. The molecule has 2 fully saturated rings. The molecule has 6 nitrogen and oxygen atoms in total. The normalized spacial score (nSPS) is 27.0. The van der Waals surface area contributed by atoms with E-state index in [0.717, 1.165) is 53.6 Å². The molecule has 1 aromatic heterocycles. The van der Waals surface area contributed by atoms with E-state index in [1.54, 1.807) is 11.3 Å². The number of likely N-dealkylation sites (tertiary alicyclic amines) is 1. The van der Waals surface area contributed by atoms with Crippen molar-refractivity contribution in [1.29, 1.82) is 0 Å². The second kappa shape index (κ2) is 4.82. The first kappa shape index (κ1) is 13.6. The second-order valence-corrected chi connectivity index (χ2v) is 7.54. The topological polar surface area (TPSA) is 57.7 Å². The van der Waals surface area contributed by atoms with Crippen LogP contribution in [0.3, 0.4) is 0 Å². The van der Waals surface area contributed by atoms with Crippen LogP contribution < -0.4 is 15.0 Å². The van der Waals surface area contributed by atoms with E-state index in [2.05, 4.69) is 23.3 Å². The van der Waals surface area contributed by atoms with Gasteiger partial charge >= 0.3 is 6.03 Å². The molecule has 120 valence electrons. The Kier molecular flexibility index (Phi) is 2.84. The van der Waals surface area contributed by atoms with E-state index >= 15 is 0 Å². The Morgan fingerprint density at radius 3 is 3.26 bits per heavy atom. The van der Waals surface area contributed by atoms with Crippen molar-refractivity contribution in [3.63, 3.8) is 0 Å². The van der Waals surface area contributed by atoms with Gasteiger partial charge < -0.3 is 15.0 Å². The number of aromatic nitrogens is 1. The van der Waals surface area contributed by atoms with Gasteiger partial charge in [-0.2, -0.15) is 0 Å². The monoisotopic (exact) mass is 330 g/mol. The van der Waals surface area contributed by atoms with Gasteiger partial charge in [-0.25, -0.2) is 9.78 Å². The number of urea groups is 1. The molecule has 2 amide bonds. The number of fused-ring (bicyclic) bond motifs is 4. The third kappa shape index (κ3) is 1.96. The number of ether oxygens (including phenoxy) is 1. The summed E-state index contributed by atoms with van der Waals surface area (Å²) in [5, 5.41) is 3.93. The highest BCUT2D eigenvalue weighted by molar-refractivity contribution is 7.22. The summed E-state index contributed by atoms with van der Waals surface area (Å²) in [7, 11) is 2.11. The molecular weight excluding hydrogens is 312 g/mol. The van der Waals surface area contributed by atoms with Crippen LogP contribution >= 0.6 is 11.3 Å². The second-order valence-electron chi connectivity index (χ2n) is 6.53. The van der Waals surface area contributed by atoms with Crippen molar-refractivity contribution in [2.75, 3.05) is 31.6 Å². The van der Waals surface area contributed by atoms with Crippen LogP contribution in [0.4, 0.5) is 9.93 Å². The van der Waals surface area contributed by atoms with Crippen LogP contribution in [0.5, 0.6) is 5.75 Å². The Bertz CT molecular complexity index is 805. The van der Waals surface area contributed by atoms with Crippen molar-refractivity contribution in [2.45, 2.75) is 24.9 Å². The van der Waals surface area contributed by atoms with Crippen LogP contribution in [-0.2, 0) is 6.42 Å². The van der Waals surface area contributed by atoms with Gasteiger partial charge in [0.1, 0.15) is 5.75 Å². The molecule has 0 radical (unpaired) electrons. The molecular formula is C16H18N4O2S. The average molecular weight is 330 g/mol. The summed E-state index contributed by atoms with van der Waals surface area (Å²) in [6, 6.07) is 4.47. The summed E-state index contributed by atoms with van der Waals surface area (Å²) in [6.07, 6.45) is 1.90. The van der Waals surface area contributed by atoms with E-state index in [9.17, 15) is 4.79 Å². The third-order valence-electron chi connectivity index (χ3n) is 5.07. The average Bonchev–Trinajstić information content (AvgIpc) is 3.20. The number of hydrogen-bond acceptors (Lipinski definition) is 5. The fourth-order valence-corrected chi connectivity index (χ4v) is 4.94. The van der Waals surface area contributed by atoms with E-state index < -0.39 is 0 Å². The Morgan fingerprint density at radius 1 is 1.43 bits per heavy atom. The number of nitrogens with one attached hydrogen (secondary N) is 1. The van der Waals surface area contributed by atoms with Gasteiger partial charge in [0.25, 0.3) is 0 Å². The van der Waals surface area contributed by atoms with Gasteiger partial charge in [0.2, 0.25) is 0 Å². The van der Waals surface area contributed by atoms with Crippen LogP contribution in [0.15, 0.2) is 12.1 Å². The molecule has 0 spiro atoms. The summed E-state index contributed by atoms with van der Waals surface area (Å²) < 4.78 is 6.76. The highest BCUT2D eigenvalue weighted by Gasteiger charge is 2.44. The number of anilines is 1. The van der Waals surface area contributed by atoms with Gasteiger partial charge in [-0.05, 0) is 32.1 Å². The standard InChI is InChI=1S/C16H18N4O2S/c1-19-6-4-10-11(8-19)20(15(21)17-10)16-18-14-9-5-7-22-12(9)2-3-13(14)23-16/h2-3,10-11H,4-8H2,1H3,(H,17,21)/t10-,11+/m0/s1. The summed E-state index contributed by atoms with van der Waals surface area (Å²) >= 11 is 1.60. The molecule has 2 saturated heterocycles. The summed E-state index contributed by atoms with van der Waals surface area (Å²) in [5.41, 5.74) is 2.18. The largest absolute Gasteiger partial charge is 0.493 e. The molecule has 3 aliphatic rings. The first-order valence-corrected chi connectivity index (χ1v) is 8.86. The molecule has 1 N–H and O–H groups in total. The van der Waals surface area contributed by atoms with Crippen LogP contribution in [0.1, 0.15) is 12.0 Å². The lowest BCUT2D eigenvalue weighted by Crippen LogP contribution is -2.50. The Labute approximate surface area is 138 Å². The minimum atomic E-state index is -0.0118. The molecule has 23 heavy (non-hydrogen) atoms. The highest BCUT2D eigenvalue weighted by Crippen LogP contribution is 2.39. The van der Waals surface area contributed by atoms with Crippen molar-refractivity contribution in [1.82, 2.24) is 15.2 Å². The number of piperidine rings is 1.